The summed E-state index contributed by atoms with van der Waals surface area (Å²) in [7, 11) is 0. The van der Waals surface area contributed by atoms with Gasteiger partial charge in [-0.1, -0.05) is 243 Å². The zero-order valence-corrected chi connectivity index (χ0v) is 78.5. The summed E-state index contributed by atoms with van der Waals surface area (Å²) in [5.41, 5.74) is 4.49. The maximum atomic E-state index is 13.2. The van der Waals surface area contributed by atoms with Gasteiger partial charge in [-0.15, -0.1) is 0 Å². The summed E-state index contributed by atoms with van der Waals surface area (Å²) in [5.74, 6) is 0. The first kappa shape index (κ1) is 107. The molecule has 8 aromatic carbocycles. The summed E-state index contributed by atoms with van der Waals surface area (Å²) in [6, 6.07) is 69.5. The third-order valence-electron chi connectivity index (χ3n) is 27.0. The summed E-state index contributed by atoms with van der Waals surface area (Å²) < 4.78 is 160. The van der Waals surface area contributed by atoms with Crippen molar-refractivity contribution < 1.29 is 195 Å². The first-order valence-corrected chi connectivity index (χ1v) is 48.4. The van der Waals surface area contributed by atoms with Crippen LogP contribution in [0.2, 0.25) is 0 Å². The van der Waals surface area contributed by atoms with Crippen molar-refractivity contribution in [2.75, 3.05) is 52.9 Å². The highest BCUT2D eigenvalue weighted by Crippen LogP contribution is 2.44. The number of hydrogen-bond acceptors (Lipinski definition) is 40. The predicted molar refractivity (Wildman–Crippen MR) is 493 cm³/mol. The SMILES string of the molecule is OC[C@H]1O[C@@H]2O[C@H]3[C@H](O)[C@@H](OCc4ccccc4)[C@@H](O[C@H]4[C@H](O)[C@@H](OCc5ccccc5)[C@@H](O[C@H]5[C@H](O)[C@@H](OCc6ccccc6)[C@@H](O[C@H]6[C@H](O)[C@@H](OCc7ccccc7)[C@@H](O[C@H]7[C@H](O)[C@@H](OCc8ccccc8)[C@@H](O[C@H]8[C@H](O)[C@@H](OCc9ccccc9)[C@@H](O[C@H]9[C@H](O)[C@@H](OCc%10ccccc%10)[C@@H](O[C@H]1[C@H](O)[C@H]2OCc1ccccc1)O[C@@H]9CO)O[C@@H]8CO)O[C@@H]7CO)O[C@@H]6CO)O[C@@H]5CO)O[C@@H]4CO)O[C@@H]3CO. The first-order chi connectivity index (χ1) is 70.3. The normalized spacial score (nSPS) is 38.2. The number of hydrogen-bond donors (Lipinski definition) is 16. The standard InChI is InChI=1S/C104H128O40/c105-41-65-81-73(113)89(121-49-57-25-9-1-10-26-57)97(129-65)137-82-66(42-106)130-99(90(74(82)114)122-50-58-27-11-2-12-28-58)139-84-68(44-108)132-101(92(76(84)116)124-52-60-31-15-4-16-32-60)141-86-70(46-110)134-103(94(78(86)118)126-54-62-35-19-6-20-36-62)143-88-72(48-112)136-104(96(80(88)120)128-56-64-39-23-8-24-40-64)144-87-71(47-111)135-102(95(79(87)119)127-55-63-37-21-7-22-38-63)142-85-69(45-109)133-100(93(77(85)117)125-53-61-33-17-5-18-34-61)140-83-67(43-107)131-98(138-81)91(75(83)115)123-51-59-29-13-3-14-30-59/h1-40,65-120H,41-56H2/t65-,66-,67-,68-,69-,70-,71-,72-,73+,74+,75+,76+,77+,78+,79+,80+,81-,82-,83-,84-,85-,86-,87-,88-,89-,90-,91-,92-,93-,94-,95-,96-,97-,98-,99-,100-,101-,102-,103-,104-/m1/s1. The highest BCUT2D eigenvalue weighted by atomic mass is 16.8. The fourth-order valence-corrected chi connectivity index (χ4v) is 19.3. The minimum Gasteiger partial charge on any atom is -0.394 e. The van der Waals surface area contributed by atoms with Crippen LogP contribution < -0.4 is 0 Å². The number of rotatable bonds is 32. The molecule has 40 heteroatoms. The van der Waals surface area contributed by atoms with Crippen LogP contribution in [0.1, 0.15) is 44.5 Å². The van der Waals surface area contributed by atoms with Crippen LogP contribution in [0.25, 0.3) is 0 Å². The molecule has 8 aromatic rings. The summed E-state index contributed by atoms with van der Waals surface area (Å²) >= 11 is 0. The Balaban J connectivity index is 0.758. The van der Waals surface area contributed by atoms with Gasteiger partial charge >= 0.3 is 0 Å². The molecule has 0 spiro atoms. The van der Waals surface area contributed by atoms with Crippen LogP contribution in [0.4, 0.5) is 0 Å². The molecule has 38 rings (SSSR count). The smallest absolute Gasteiger partial charge is 0.187 e. The third-order valence-corrected chi connectivity index (χ3v) is 27.0. The fourth-order valence-electron chi connectivity index (χ4n) is 19.3. The molecule has 0 radical (unpaired) electrons. The van der Waals surface area contributed by atoms with Gasteiger partial charge in [-0.2, -0.15) is 0 Å². The second-order valence-electron chi connectivity index (χ2n) is 36.6. The minimum absolute atomic E-state index is 0.279. The molecule has 0 unspecified atom stereocenters. The second kappa shape index (κ2) is 52.1. The van der Waals surface area contributed by atoms with E-state index >= 15 is 0 Å². The van der Waals surface area contributed by atoms with E-state index in [1.54, 1.807) is 243 Å². The maximum absolute atomic E-state index is 13.2. The van der Waals surface area contributed by atoms with Crippen LogP contribution in [-0.4, -0.2) is 380 Å². The molecule has 30 heterocycles. The molecule has 0 saturated carbocycles. The molecule has 40 nitrogen and oxygen atoms in total. The van der Waals surface area contributed by atoms with Crippen LogP contribution in [-0.2, 0) is 167 Å². The molecule has 784 valence electrons. The van der Waals surface area contributed by atoms with E-state index in [2.05, 4.69) is 0 Å². The van der Waals surface area contributed by atoms with Gasteiger partial charge in [0.05, 0.1) is 106 Å². The van der Waals surface area contributed by atoms with E-state index in [-0.39, 0.29) is 52.9 Å². The van der Waals surface area contributed by atoms with E-state index in [1.165, 1.54) is 0 Å². The third kappa shape index (κ3) is 25.7. The Bertz CT molecular complexity index is 4100. The molecular weight excluding hydrogens is 1890 g/mol. The molecule has 40 atom stereocenters. The van der Waals surface area contributed by atoms with Crippen molar-refractivity contribution in [3.63, 3.8) is 0 Å². The van der Waals surface area contributed by atoms with E-state index in [9.17, 15) is 81.7 Å². The molecule has 16 N–H and O–H groups in total. The lowest BCUT2D eigenvalue weighted by Crippen LogP contribution is -2.69. The maximum Gasteiger partial charge on any atom is 0.187 e. The van der Waals surface area contributed by atoms with Gasteiger partial charge < -0.3 is 195 Å². The highest BCUT2D eigenvalue weighted by molar-refractivity contribution is 5.21. The number of ether oxygens (including phenoxy) is 24. The topological polar surface area (TPSA) is 545 Å². The zero-order chi connectivity index (χ0) is 100. The molecule has 30 saturated heterocycles. The number of aliphatic hydroxyl groups is 16. The van der Waals surface area contributed by atoms with Crippen molar-refractivity contribution in [2.45, 2.75) is 299 Å². The van der Waals surface area contributed by atoms with Gasteiger partial charge in [-0.05, 0) is 44.5 Å². The first-order valence-electron chi connectivity index (χ1n) is 48.4. The van der Waals surface area contributed by atoms with Crippen molar-refractivity contribution in [1.29, 1.82) is 0 Å². The van der Waals surface area contributed by atoms with E-state index in [0.29, 0.717) is 44.5 Å². The van der Waals surface area contributed by atoms with Gasteiger partial charge in [0.25, 0.3) is 0 Å². The van der Waals surface area contributed by atoms with E-state index in [0.717, 1.165) is 0 Å². The van der Waals surface area contributed by atoms with Crippen LogP contribution >= 0.6 is 0 Å². The Labute approximate surface area is 830 Å². The molecule has 0 aliphatic carbocycles. The Morgan fingerprint density at radius 3 is 0.333 bits per heavy atom. The van der Waals surface area contributed by atoms with E-state index < -0.39 is 299 Å². The Kier molecular flexibility index (Phi) is 38.8. The van der Waals surface area contributed by atoms with Crippen LogP contribution in [0.5, 0.6) is 0 Å². The quantitative estimate of drug-likeness (QED) is 0.0271. The molecule has 30 aliphatic heterocycles. The Morgan fingerprint density at radius 2 is 0.243 bits per heavy atom. The van der Waals surface area contributed by atoms with Crippen molar-refractivity contribution >= 4 is 0 Å². The Hall–Kier alpha value is -7.84. The zero-order valence-electron chi connectivity index (χ0n) is 78.5. The molecule has 144 heavy (non-hydrogen) atoms. The van der Waals surface area contributed by atoms with Crippen LogP contribution in [0.3, 0.4) is 0 Å². The lowest BCUT2D eigenvalue weighted by Gasteiger charge is -2.52. The summed E-state index contributed by atoms with van der Waals surface area (Å²) in [6.07, 6.45) is -72.7. The summed E-state index contributed by atoms with van der Waals surface area (Å²) in [4.78, 5) is 0. The van der Waals surface area contributed by atoms with Crippen molar-refractivity contribution in [3.8, 4) is 0 Å². The molecule has 16 bridgehead atoms. The molecular formula is C104H128O40. The van der Waals surface area contributed by atoms with Gasteiger partial charge in [0, 0.05) is 0 Å². The van der Waals surface area contributed by atoms with Gasteiger partial charge in [0.15, 0.2) is 50.3 Å². The molecule has 30 fully saturated rings. The molecule has 0 amide bonds. The predicted octanol–water partition coefficient (Wildman–Crippen LogP) is 0.390. The van der Waals surface area contributed by atoms with Crippen LogP contribution in [0.15, 0.2) is 243 Å². The summed E-state index contributed by atoms with van der Waals surface area (Å²) in [6.45, 7) is -10.1. The Morgan fingerprint density at radius 1 is 0.146 bits per heavy atom. The van der Waals surface area contributed by atoms with Gasteiger partial charge in [0.1, 0.15) is 195 Å². The van der Waals surface area contributed by atoms with E-state index in [4.69, 9.17) is 114 Å². The fraction of sp³-hybridized carbons (Fsp3) is 0.538. The average Bonchev–Trinajstić information content (AvgIpc) is 0.765. The van der Waals surface area contributed by atoms with Gasteiger partial charge in [-0.3, -0.25) is 0 Å². The van der Waals surface area contributed by atoms with E-state index in [1.807, 2.05) is 0 Å². The average molecular weight is 2020 g/mol. The number of aliphatic hydroxyl groups excluding tert-OH is 16. The highest BCUT2D eigenvalue weighted by Gasteiger charge is 2.63. The molecule has 30 aliphatic rings. The van der Waals surface area contributed by atoms with Crippen molar-refractivity contribution in [1.82, 2.24) is 0 Å². The van der Waals surface area contributed by atoms with Crippen molar-refractivity contribution in [2.24, 2.45) is 0 Å². The molecule has 0 aromatic heterocycles. The van der Waals surface area contributed by atoms with Crippen LogP contribution in [0, 0.1) is 0 Å². The lowest BCUT2D eigenvalue weighted by atomic mass is 9.94. The summed E-state index contributed by atoms with van der Waals surface area (Å²) in [5, 5.41) is 199. The van der Waals surface area contributed by atoms with Gasteiger partial charge in [-0.25, -0.2) is 0 Å². The lowest BCUT2D eigenvalue weighted by molar-refractivity contribution is -0.410. The minimum atomic E-state index is -1.99. The van der Waals surface area contributed by atoms with Crippen molar-refractivity contribution in [3.05, 3.63) is 287 Å². The monoisotopic (exact) mass is 2020 g/mol. The largest absolute Gasteiger partial charge is 0.394 e. The van der Waals surface area contributed by atoms with Gasteiger partial charge in [0.2, 0.25) is 0 Å². The second-order valence-corrected chi connectivity index (χ2v) is 36.6. The number of benzene rings is 8.